The highest BCUT2D eigenvalue weighted by Crippen LogP contribution is 2.45. The van der Waals surface area contributed by atoms with Crippen molar-refractivity contribution in [2.24, 2.45) is 0 Å². The molecule has 9 rings (SSSR count). The van der Waals surface area contributed by atoms with Gasteiger partial charge in [0.15, 0.2) is 0 Å². The monoisotopic (exact) mass is 571 g/mol. The lowest BCUT2D eigenvalue weighted by Gasteiger charge is -2.18. The van der Waals surface area contributed by atoms with Gasteiger partial charge in [0.25, 0.3) is 0 Å². The van der Waals surface area contributed by atoms with Crippen LogP contribution in [0.25, 0.3) is 87.6 Å². The van der Waals surface area contributed by atoms with Crippen LogP contribution < -0.4 is 0 Å². The summed E-state index contributed by atoms with van der Waals surface area (Å²) in [6, 6.07) is -20.1. The molecule has 1 nitrogen and oxygen atoms in total. The molecule has 9 aromatic rings. The van der Waals surface area contributed by atoms with Gasteiger partial charge in [0.1, 0.15) is 11.2 Å². The lowest BCUT2D eigenvalue weighted by atomic mass is 9.85. The molecule has 0 spiro atoms. The fourth-order valence-electron chi connectivity index (χ4n) is 5.14. The maximum Gasteiger partial charge on any atom is 0.136 e. The van der Waals surface area contributed by atoms with E-state index < -0.39 is 239 Å². The zero-order valence-corrected chi connectivity index (χ0v) is 21.5. The van der Waals surface area contributed by atoms with Crippen molar-refractivity contribution >= 4 is 54.3 Å². The number of benzene rings is 8. The van der Waals surface area contributed by atoms with E-state index in [0.29, 0.717) is 0 Å². The van der Waals surface area contributed by atoms with Gasteiger partial charge >= 0.3 is 0 Å². The van der Waals surface area contributed by atoms with Crippen molar-refractivity contribution in [3.8, 4) is 33.4 Å². The maximum absolute atomic E-state index is 9.77. The van der Waals surface area contributed by atoms with E-state index in [1.807, 2.05) is 0 Å². The van der Waals surface area contributed by atoms with Gasteiger partial charge in [-0.15, -0.1) is 0 Å². The van der Waals surface area contributed by atoms with Crippen molar-refractivity contribution in [3.63, 3.8) is 0 Å². The molecule has 1 aromatic heterocycles. The third kappa shape index (κ3) is 3.79. The van der Waals surface area contributed by atoms with Crippen molar-refractivity contribution in [2.75, 3.05) is 0 Å². The molecule has 0 amide bonds. The highest BCUT2D eigenvalue weighted by atomic mass is 16.3. The Morgan fingerprint density at radius 3 is 1.56 bits per heavy atom. The first-order valence-electron chi connectivity index (χ1n) is 25.2. The summed E-state index contributed by atoms with van der Waals surface area (Å²) >= 11 is 0. The van der Waals surface area contributed by atoms with E-state index >= 15 is 0 Å². The average Bonchev–Trinajstić information content (AvgIpc) is 3.72. The molecule has 43 heavy (non-hydrogen) atoms. The van der Waals surface area contributed by atoms with E-state index in [9.17, 15) is 13.7 Å². The molecular weight excluding hydrogens is 520 g/mol. The Hall–Kier alpha value is -5.66. The molecule has 0 aliphatic rings. The second kappa shape index (κ2) is 9.44. The van der Waals surface area contributed by atoms with Crippen LogP contribution in [0.1, 0.15) is 34.3 Å². The summed E-state index contributed by atoms with van der Waals surface area (Å²) in [6.07, 6.45) is 0. The summed E-state index contributed by atoms with van der Waals surface area (Å²) in [5.74, 6) is 0. The fraction of sp³-hybridized carbons (Fsp3) is 0. The zero-order valence-electron chi connectivity index (χ0n) is 46.5. The third-order valence-corrected chi connectivity index (χ3v) is 6.95. The quantitative estimate of drug-likeness (QED) is 0.192. The SMILES string of the molecule is [2H]c1cc(-c2c([2H])c([2H])c([2H])c([2H])c2[2H])c([2H])c(-c2c3c([2H])c([2H])c([2H])c([2H])c3c(-c3c([2H])c([2H])c4oc5c([2H])c6c([2H])c([2H])c([2H])c([2H])c6c([2H])c5c4c3[2H])c3c([2H])c([2H])c([2H])c([2H])c23)c1[2H]. The number of hydrogen-bond acceptors (Lipinski definition) is 1. The van der Waals surface area contributed by atoms with Crippen LogP contribution in [0.2, 0.25) is 0 Å². The van der Waals surface area contributed by atoms with Crippen LogP contribution in [0.5, 0.6) is 0 Å². The van der Waals surface area contributed by atoms with Crippen LogP contribution in [-0.2, 0) is 0 Å². The van der Waals surface area contributed by atoms with Crippen molar-refractivity contribution in [1.29, 1.82) is 0 Å². The van der Waals surface area contributed by atoms with Crippen LogP contribution in [0.3, 0.4) is 0 Å². The summed E-state index contributed by atoms with van der Waals surface area (Å²) < 4.78 is 228. The second-order valence-electron chi connectivity index (χ2n) is 9.34. The molecule has 200 valence electrons. The maximum atomic E-state index is 9.77. The van der Waals surface area contributed by atoms with Gasteiger partial charge in [0.05, 0.1) is 34.3 Å². The number of furan rings is 1. The molecule has 0 saturated carbocycles. The lowest BCUT2D eigenvalue weighted by Crippen LogP contribution is -1.91. The Morgan fingerprint density at radius 1 is 0.349 bits per heavy atom. The summed E-state index contributed by atoms with van der Waals surface area (Å²) in [6.45, 7) is 0. The summed E-state index contributed by atoms with van der Waals surface area (Å²) in [5, 5.41) is -4.51. The molecule has 8 aromatic carbocycles. The minimum atomic E-state index is -0.951. The van der Waals surface area contributed by atoms with Crippen LogP contribution >= 0.6 is 0 Å². The van der Waals surface area contributed by atoms with Crippen LogP contribution in [0, 0.1) is 0 Å². The molecule has 0 unspecified atom stereocenters. The largest absolute Gasteiger partial charge is 0.456 e. The second-order valence-corrected chi connectivity index (χ2v) is 9.34. The first kappa shape index (κ1) is 9.97. The molecule has 0 saturated heterocycles. The lowest BCUT2D eigenvalue weighted by molar-refractivity contribution is 0.669. The fourth-order valence-corrected chi connectivity index (χ4v) is 5.14. The summed E-state index contributed by atoms with van der Waals surface area (Å²) in [5.41, 5.74) is -5.01. The van der Waals surface area contributed by atoms with Gasteiger partial charge in [0, 0.05) is 10.8 Å². The topological polar surface area (TPSA) is 13.1 Å². The van der Waals surface area contributed by atoms with Crippen LogP contribution in [0.4, 0.5) is 0 Å². The molecular formula is C42H26O. The Morgan fingerprint density at radius 2 is 0.884 bits per heavy atom. The Bertz CT molecular complexity index is 3800. The van der Waals surface area contributed by atoms with Gasteiger partial charge in [-0.25, -0.2) is 0 Å². The van der Waals surface area contributed by atoms with Gasteiger partial charge in [-0.2, -0.15) is 0 Å². The van der Waals surface area contributed by atoms with Gasteiger partial charge < -0.3 is 4.42 Å². The molecule has 1 heterocycles. The molecule has 0 aliphatic carbocycles. The number of hydrogen-bond donors (Lipinski definition) is 0. The standard InChI is InChI=1S/C42H26O/c1-2-11-27(12-3-1)28-15-10-16-31(23-28)41-33-17-6-8-19-35(33)42(36-20-9-7-18-34(36)41)32-21-22-39-37(25-32)38-24-29-13-4-5-14-30(29)26-40(38)43-39/h1-26H/i1D,2D,3D,4D,5D,6D,7D,8D,9D,10D,11D,12D,13D,14D,16D,17D,18D,19D,20D,21D,22D,23D,24D,25D,26D. The van der Waals surface area contributed by atoms with Gasteiger partial charge in [-0.05, 0) is 95.9 Å². The van der Waals surface area contributed by atoms with Crippen molar-refractivity contribution in [1.82, 2.24) is 0 Å². The minimum absolute atomic E-state index is 0.425. The van der Waals surface area contributed by atoms with Gasteiger partial charge in [0.2, 0.25) is 0 Å². The minimum Gasteiger partial charge on any atom is -0.456 e. The van der Waals surface area contributed by atoms with Gasteiger partial charge in [-0.1, -0.05) is 127 Å². The van der Waals surface area contributed by atoms with E-state index in [-0.39, 0.29) is 0 Å². The third-order valence-electron chi connectivity index (χ3n) is 6.95. The van der Waals surface area contributed by atoms with Crippen molar-refractivity contribution in [2.45, 2.75) is 0 Å². The van der Waals surface area contributed by atoms with Crippen molar-refractivity contribution in [3.05, 3.63) is 157 Å². The molecule has 0 aliphatic heterocycles. The van der Waals surface area contributed by atoms with Gasteiger partial charge in [-0.3, -0.25) is 0 Å². The first-order chi connectivity index (χ1) is 31.7. The zero-order chi connectivity index (χ0) is 50.1. The van der Waals surface area contributed by atoms with E-state index in [1.54, 1.807) is 0 Å². The van der Waals surface area contributed by atoms with E-state index in [1.165, 1.54) is 0 Å². The van der Waals surface area contributed by atoms with E-state index in [0.717, 1.165) is 6.07 Å². The highest BCUT2D eigenvalue weighted by Gasteiger charge is 2.18. The molecule has 0 radical (unpaired) electrons. The van der Waals surface area contributed by atoms with E-state index in [2.05, 4.69) is 0 Å². The van der Waals surface area contributed by atoms with Crippen molar-refractivity contribution < 1.29 is 38.7 Å². The van der Waals surface area contributed by atoms with Crippen LogP contribution in [0.15, 0.2) is 162 Å². The molecule has 0 bridgehead atoms. The molecule has 0 N–H and O–H groups in total. The Labute approximate surface area is 284 Å². The molecule has 0 atom stereocenters. The molecule has 0 fully saturated rings. The smallest absolute Gasteiger partial charge is 0.136 e. The highest BCUT2D eigenvalue weighted by molar-refractivity contribution is 6.22. The predicted molar refractivity (Wildman–Crippen MR) is 183 cm³/mol. The first-order valence-corrected chi connectivity index (χ1v) is 12.7. The summed E-state index contributed by atoms with van der Waals surface area (Å²) in [4.78, 5) is 0. The Kier molecular flexibility index (Phi) is 2.19. The normalized spacial score (nSPS) is 19.9. The predicted octanol–water partition coefficient (Wildman–Crippen LogP) is 12.0. The number of rotatable bonds is 3. The summed E-state index contributed by atoms with van der Waals surface area (Å²) in [7, 11) is 0. The van der Waals surface area contributed by atoms with E-state index in [4.69, 9.17) is 25.0 Å². The van der Waals surface area contributed by atoms with Crippen LogP contribution in [-0.4, -0.2) is 0 Å². The number of fused-ring (bicyclic) bond motifs is 6. The average molecular weight is 572 g/mol. The Balaban J connectivity index is 1.59. The molecule has 1 heteroatoms.